The van der Waals surface area contributed by atoms with Crippen molar-refractivity contribution < 1.29 is 4.74 Å². The summed E-state index contributed by atoms with van der Waals surface area (Å²) in [6.07, 6.45) is 1.03. The van der Waals surface area contributed by atoms with Crippen molar-refractivity contribution in [1.29, 1.82) is 0 Å². The molecule has 1 aromatic carbocycles. The van der Waals surface area contributed by atoms with Crippen molar-refractivity contribution in [3.05, 3.63) is 35.4 Å². The Labute approximate surface area is 111 Å². The third kappa shape index (κ3) is 4.09. The van der Waals surface area contributed by atoms with Gasteiger partial charge < -0.3 is 10.5 Å². The second-order valence-electron chi connectivity index (χ2n) is 4.99. The van der Waals surface area contributed by atoms with Gasteiger partial charge in [-0.2, -0.15) is 0 Å². The van der Waals surface area contributed by atoms with Crippen LogP contribution in [0.5, 0.6) is 0 Å². The molecule has 0 aliphatic heterocycles. The lowest BCUT2D eigenvalue weighted by molar-refractivity contribution is 0.158. The van der Waals surface area contributed by atoms with Gasteiger partial charge in [0, 0.05) is 32.3 Å². The van der Waals surface area contributed by atoms with E-state index in [1.807, 2.05) is 0 Å². The fourth-order valence-corrected chi connectivity index (χ4v) is 2.44. The first kappa shape index (κ1) is 15.2. The number of nitrogens with zero attached hydrogens (tertiary/aromatic N) is 1. The predicted molar refractivity (Wildman–Crippen MR) is 76.7 cm³/mol. The molecule has 2 N–H and O–H groups in total. The summed E-state index contributed by atoms with van der Waals surface area (Å²) in [5.74, 6) is 0. The molecule has 0 saturated heterocycles. The highest BCUT2D eigenvalue weighted by Crippen LogP contribution is 2.25. The van der Waals surface area contributed by atoms with E-state index in [2.05, 4.69) is 50.1 Å². The maximum absolute atomic E-state index is 6.17. The van der Waals surface area contributed by atoms with E-state index in [0.717, 1.165) is 19.6 Å². The van der Waals surface area contributed by atoms with Crippen molar-refractivity contribution in [1.82, 2.24) is 4.90 Å². The normalized spacial score (nSPS) is 14.8. The largest absolute Gasteiger partial charge is 0.385 e. The number of hydrogen-bond acceptors (Lipinski definition) is 3. The molecular formula is C15H26N2O. The maximum Gasteiger partial charge on any atom is 0.0496 e. The topological polar surface area (TPSA) is 38.5 Å². The van der Waals surface area contributed by atoms with Gasteiger partial charge in [-0.15, -0.1) is 0 Å². The van der Waals surface area contributed by atoms with Crippen LogP contribution < -0.4 is 5.73 Å². The van der Waals surface area contributed by atoms with Crippen LogP contribution in [0.25, 0.3) is 0 Å². The van der Waals surface area contributed by atoms with Crippen LogP contribution in [0.4, 0.5) is 0 Å². The van der Waals surface area contributed by atoms with Crippen molar-refractivity contribution in [2.45, 2.75) is 32.4 Å². The van der Waals surface area contributed by atoms with Crippen LogP contribution in [0.2, 0.25) is 0 Å². The number of rotatable bonds is 7. The maximum atomic E-state index is 6.17. The average Bonchev–Trinajstić information content (AvgIpc) is 2.32. The first-order valence-electron chi connectivity index (χ1n) is 6.58. The Hall–Kier alpha value is -0.900. The number of benzene rings is 1. The number of ether oxygens (including phenoxy) is 1. The van der Waals surface area contributed by atoms with Crippen LogP contribution in [0.3, 0.4) is 0 Å². The third-order valence-corrected chi connectivity index (χ3v) is 3.34. The summed E-state index contributed by atoms with van der Waals surface area (Å²) in [5, 5.41) is 0. The number of likely N-dealkylation sites (N-methyl/N-ethyl adjacent to an activating group) is 1. The van der Waals surface area contributed by atoms with Gasteiger partial charge in [0.05, 0.1) is 0 Å². The number of aryl methyl sites for hydroxylation is 1. The average molecular weight is 250 g/mol. The summed E-state index contributed by atoms with van der Waals surface area (Å²) >= 11 is 0. The van der Waals surface area contributed by atoms with E-state index >= 15 is 0 Å². The zero-order chi connectivity index (χ0) is 13.5. The van der Waals surface area contributed by atoms with Crippen molar-refractivity contribution in [3.63, 3.8) is 0 Å². The fraction of sp³-hybridized carbons (Fsp3) is 0.600. The first-order chi connectivity index (χ1) is 8.57. The van der Waals surface area contributed by atoms with E-state index in [1.54, 1.807) is 7.11 Å². The highest BCUT2D eigenvalue weighted by molar-refractivity contribution is 5.29. The van der Waals surface area contributed by atoms with Gasteiger partial charge in [0.25, 0.3) is 0 Å². The zero-order valence-electron chi connectivity index (χ0n) is 12.0. The first-order valence-corrected chi connectivity index (χ1v) is 6.58. The molecule has 2 unspecified atom stereocenters. The van der Waals surface area contributed by atoms with E-state index in [0.29, 0.717) is 0 Å². The molecule has 1 aromatic rings. The van der Waals surface area contributed by atoms with Gasteiger partial charge in [-0.3, -0.25) is 4.90 Å². The molecule has 0 heterocycles. The zero-order valence-corrected chi connectivity index (χ0v) is 12.0. The summed E-state index contributed by atoms with van der Waals surface area (Å²) in [6, 6.07) is 8.86. The second-order valence-corrected chi connectivity index (χ2v) is 4.99. The second kappa shape index (κ2) is 7.52. The molecule has 0 fully saturated rings. The highest BCUT2D eigenvalue weighted by atomic mass is 16.5. The Morgan fingerprint density at radius 2 is 2.00 bits per heavy atom. The summed E-state index contributed by atoms with van der Waals surface area (Å²) in [4.78, 5) is 2.33. The van der Waals surface area contributed by atoms with Gasteiger partial charge >= 0.3 is 0 Å². The molecule has 0 radical (unpaired) electrons. The van der Waals surface area contributed by atoms with E-state index in [4.69, 9.17) is 10.5 Å². The van der Waals surface area contributed by atoms with Crippen LogP contribution in [0.15, 0.2) is 24.3 Å². The Balaban J connectivity index is 2.79. The molecule has 18 heavy (non-hydrogen) atoms. The van der Waals surface area contributed by atoms with Gasteiger partial charge in [0.1, 0.15) is 0 Å². The van der Waals surface area contributed by atoms with Crippen LogP contribution in [0.1, 0.15) is 30.5 Å². The summed E-state index contributed by atoms with van der Waals surface area (Å²) in [5.41, 5.74) is 8.80. The highest BCUT2D eigenvalue weighted by Gasteiger charge is 2.21. The van der Waals surface area contributed by atoms with Gasteiger partial charge in [0.2, 0.25) is 0 Å². The Bertz CT molecular complexity index is 352. The molecular weight excluding hydrogens is 224 g/mol. The molecule has 2 atom stereocenters. The minimum atomic E-state index is 0.110. The number of methoxy groups -OCH3 is 1. The van der Waals surface area contributed by atoms with Crippen LogP contribution in [-0.2, 0) is 4.74 Å². The van der Waals surface area contributed by atoms with Gasteiger partial charge in [-0.05, 0) is 38.4 Å². The van der Waals surface area contributed by atoms with Crippen molar-refractivity contribution >= 4 is 0 Å². The monoisotopic (exact) mass is 250 g/mol. The molecule has 0 aromatic heterocycles. The van der Waals surface area contributed by atoms with E-state index < -0.39 is 0 Å². The molecule has 0 aliphatic carbocycles. The lowest BCUT2D eigenvalue weighted by Gasteiger charge is -2.32. The summed E-state index contributed by atoms with van der Waals surface area (Å²) < 4.78 is 5.10. The number of nitrogens with two attached hydrogens (primary N) is 1. The van der Waals surface area contributed by atoms with Gasteiger partial charge in [-0.1, -0.05) is 24.3 Å². The van der Waals surface area contributed by atoms with Crippen molar-refractivity contribution in [3.8, 4) is 0 Å². The lowest BCUT2D eigenvalue weighted by atomic mass is 9.95. The molecule has 102 valence electrons. The quantitative estimate of drug-likeness (QED) is 0.755. The van der Waals surface area contributed by atoms with Crippen molar-refractivity contribution in [2.75, 3.05) is 27.3 Å². The Morgan fingerprint density at radius 1 is 1.33 bits per heavy atom. The van der Waals surface area contributed by atoms with E-state index in [-0.39, 0.29) is 12.1 Å². The Morgan fingerprint density at radius 3 is 2.56 bits per heavy atom. The van der Waals surface area contributed by atoms with Crippen LogP contribution >= 0.6 is 0 Å². The minimum absolute atomic E-state index is 0.110. The lowest BCUT2D eigenvalue weighted by Crippen LogP contribution is -2.38. The molecule has 0 bridgehead atoms. The van der Waals surface area contributed by atoms with E-state index in [1.165, 1.54) is 11.1 Å². The fourth-order valence-electron chi connectivity index (χ4n) is 2.44. The molecule has 0 amide bonds. The number of hydrogen-bond donors (Lipinski definition) is 1. The Kier molecular flexibility index (Phi) is 6.33. The molecule has 3 heteroatoms. The van der Waals surface area contributed by atoms with Crippen LogP contribution in [-0.4, -0.2) is 38.3 Å². The summed E-state index contributed by atoms with van der Waals surface area (Å²) in [6.45, 7) is 6.01. The molecule has 0 spiro atoms. The van der Waals surface area contributed by atoms with Gasteiger partial charge in [-0.25, -0.2) is 0 Å². The van der Waals surface area contributed by atoms with E-state index in [9.17, 15) is 0 Å². The van der Waals surface area contributed by atoms with Gasteiger partial charge in [0.15, 0.2) is 0 Å². The molecule has 0 saturated carbocycles. The smallest absolute Gasteiger partial charge is 0.0496 e. The summed E-state index contributed by atoms with van der Waals surface area (Å²) in [7, 11) is 3.88. The third-order valence-electron chi connectivity index (χ3n) is 3.34. The molecule has 1 rings (SSSR count). The molecule has 3 nitrogen and oxygen atoms in total. The SMILES string of the molecule is COCCCN(C)C(c1ccccc1C)C(C)N. The van der Waals surface area contributed by atoms with Crippen LogP contribution in [0, 0.1) is 6.92 Å². The minimum Gasteiger partial charge on any atom is -0.385 e. The standard InChI is InChI=1S/C15H26N2O/c1-12-8-5-6-9-14(12)15(13(2)16)17(3)10-7-11-18-4/h5-6,8-9,13,15H,7,10-11,16H2,1-4H3. The predicted octanol–water partition coefficient (Wildman–Crippen LogP) is 2.35. The molecule has 0 aliphatic rings. The van der Waals surface area contributed by atoms with Crippen molar-refractivity contribution in [2.24, 2.45) is 5.73 Å².